The molecule has 0 unspecified atom stereocenters. The standard InChI is InChI=1S/C13H14O4/c1-4-12(13(15)16-3)10-5-7-11(8-6-10)17-9(2)14/h4-8H,1-3H3. The number of methoxy groups -OCH3 is 1. The van der Waals surface area contributed by atoms with Crippen LogP contribution in [-0.2, 0) is 14.3 Å². The summed E-state index contributed by atoms with van der Waals surface area (Å²) in [5.41, 5.74) is 1.19. The lowest BCUT2D eigenvalue weighted by Crippen LogP contribution is -2.04. The summed E-state index contributed by atoms with van der Waals surface area (Å²) < 4.78 is 9.55. The summed E-state index contributed by atoms with van der Waals surface area (Å²) in [7, 11) is 1.33. The smallest absolute Gasteiger partial charge is 0.338 e. The van der Waals surface area contributed by atoms with Crippen LogP contribution in [0, 0.1) is 0 Å². The molecule has 0 radical (unpaired) electrons. The first-order chi connectivity index (χ1) is 8.08. The Hall–Kier alpha value is -2.10. The van der Waals surface area contributed by atoms with Crippen LogP contribution in [0.2, 0.25) is 0 Å². The van der Waals surface area contributed by atoms with Gasteiger partial charge in [0.1, 0.15) is 5.75 Å². The minimum absolute atomic E-state index is 0.378. The SMILES string of the molecule is CC=C(C(=O)OC)c1ccc(OC(C)=O)cc1. The summed E-state index contributed by atoms with van der Waals surface area (Å²) in [5.74, 6) is -0.328. The number of allylic oxidation sites excluding steroid dienone is 1. The van der Waals surface area contributed by atoms with E-state index in [1.54, 1.807) is 37.3 Å². The lowest BCUT2D eigenvalue weighted by atomic mass is 10.1. The van der Waals surface area contributed by atoms with Crippen LogP contribution in [0.25, 0.3) is 5.57 Å². The molecule has 1 rings (SSSR count). The molecule has 0 aromatic heterocycles. The van der Waals surface area contributed by atoms with Crippen molar-refractivity contribution in [1.82, 2.24) is 0 Å². The summed E-state index contributed by atoms with van der Waals surface area (Å²) in [6.45, 7) is 3.09. The molecule has 0 heterocycles. The zero-order valence-electron chi connectivity index (χ0n) is 10.0. The summed E-state index contributed by atoms with van der Waals surface area (Å²) in [5, 5.41) is 0. The van der Waals surface area contributed by atoms with Crippen LogP contribution in [0.15, 0.2) is 30.3 Å². The van der Waals surface area contributed by atoms with Crippen molar-refractivity contribution in [2.75, 3.05) is 7.11 Å². The second kappa shape index (κ2) is 5.84. The van der Waals surface area contributed by atoms with E-state index in [2.05, 4.69) is 4.74 Å². The van der Waals surface area contributed by atoms with Gasteiger partial charge in [-0.15, -0.1) is 0 Å². The van der Waals surface area contributed by atoms with Crippen molar-refractivity contribution in [2.24, 2.45) is 0 Å². The van der Waals surface area contributed by atoms with Gasteiger partial charge in [-0.05, 0) is 24.6 Å². The zero-order valence-corrected chi connectivity index (χ0v) is 10.0. The topological polar surface area (TPSA) is 52.6 Å². The Morgan fingerprint density at radius 3 is 2.18 bits per heavy atom. The van der Waals surface area contributed by atoms with E-state index in [1.165, 1.54) is 14.0 Å². The lowest BCUT2D eigenvalue weighted by Gasteiger charge is -2.06. The Kier molecular flexibility index (Phi) is 4.46. The fourth-order valence-corrected chi connectivity index (χ4v) is 1.38. The van der Waals surface area contributed by atoms with Crippen molar-refractivity contribution in [3.8, 4) is 5.75 Å². The minimum atomic E-state index is -0.396. The molecule has 0 saturated carbocycles. The molecule has 0 atom stereocenters. The second-order valence-corrected chi connectivity index (χ2v) is 3.31. The number of rotatable bonds is 3. The van der Waals surface area contributed by atoms with Crippen molar-refractivity contribution in [3.63, 3.8) is 0 Å². The predicted octanol–water partition coefficient (Wildman–Crippen LogP) is 2.19. The van der Waals surface area contributed by atoms with Crippen LogP contribution in [0.3, 0.4) is 0 Å². The summed E-state index contributed by atoms with van der Waals surface area (Å²) in [6, 6.07) is 6.65. The van der Waals surface area contributed by atoms with E-state index in [0.29, 0.717) is 11.3 Å². The van der Waals surface area contributed by atoms with E-state index in [4.69, 9.17) is 4.74 Å². The Morgan fingerprint density at radius 1 is 1.18 bits per heavy atom. The number of carbonyl (C=O) groups is 2. The Bertz CT molecular complexity index is 443. The van der Waals surface area contributed by atoms with Crippen molar-refractivity contribution >= 4 is 17.5 Å². The highest BCUT2D eigenvalue weighted by molar-refractivity contribution is 6.16. The third kappa shape index (κ3) is 3.45. The molecule has 0 aliphatic carbocycles. The van der Waals surface area contributed by atoms with Gasteiger partial charge in [-0.3, -0.25) is 4.79 Å². The third-order valence-electron chi connectivity index (χ3n) is 2.12. The van der Waals surface area contributed by atoms with Gasteiger partial charge in [0.2, 0.25) is 0 Å². The number of hydrogen-bond acceptors (Lipinski definition) is 4. The molecule has 0 amide bonds. The molecule has 1 aromatic rings. The van der Waals surface area contributed by atoms with E-state index < -0.39 is 5.97 Å². The largest absolute Gasteiger partial charge is 0.465 e. The molecule has 0 fully saturated rings. The van der Waals surface area contributed by atoms with Crippen LogP contribution in [0.1, 0.15) is 19.4 Å². The van der Waals surface area contributed by atoms with Crippen molar-refractivity contribution in [3.05, 3.63) is 35.9 Å². The lowest BCUT2D eigenvalue weighted by molar-refractivity contribution is -0.134. The maximum Gasteiger partial charge on any atom is 0.338 e. The number of ether oxygens (including phenoxy) is 2. The first-order valence-electron chi connectivity index (χ1n) is 5.12. The monoisotopic (exact) mass is 234 g/mol. The number of hydrogen-bond donors (Lipinski definition) is 0. The highest BCUT2D eigenvalue weighted by Crippen LogP contribution is 2.19. The van der Waals surface area contributed by atoms with Crippen LogP contribution in [0.4, 0.5) is 0 Å². The molecule has 17 heavy (non-hydrogen) atoms. The summed E-state index contributed by atoms with van der Waals surface area (Å²) in [6.07, 6.45) is 1.67. The molecule has 0 aliphatic rings. The third-order valence-corrected chi connectivity index (χ3v) is 2.12. The summed E-state index contributed by atoms with van der Waals surface area (Å²) >= 11 is 0. The maximum absolute atomic E-state index is 11.4. The average molecular weight is 234 g/mol. The zero-order chi connectivity index (χ0) is 12.8. The number of esters is 2. The molecular weight excluding hydrogens is 220 g/mol. The van der Waals surface area contributed by atoms with Gasteiger partial charge in [0.15, 0.2) is 0 Å². The van der Waals surface area contributed by atoms with Crippen molar-refractivity contribution in [1.29, 1.82) is 0 Å². The van der Waals surface area contributed by atoms with Gasteiger partial charge < -0.3 is 9.47 Å². The quantitative estimate of drug-likeness (QED) is 0.457. The highest BCUT2D eigenvalue weighted by Gasteiger charge is 2.11. The predicted molar refractivity (Wildman–Crippen MR) is 63.4 cm³/mol. The number of benzene rings is 1. The molecule has 0 spiro atoms. The van der Waals surface area contributed by atoms with Crippen LogP contribution < -0.4 is 4.74 Å². The molecule has 1 aromatic carbocycles. The molecule has 0 N–H and O–H groups in total. The Morgan fingerprint density at radius 2 is 1.76 bits per heavy atom. The van der Waals surface area contributed by atoms with Crippen LogP contribution in [0.5, 0.6) is 5.75 Å². The molecular formula is C13H14O4. The molecule has 4 heteroatoms. The van der Waals surface area contributed by atoms with Gasteiger partial charge in [-0.25, -0.2) is 4.79 Å². The fourth-order valence-electron chi connectivity index (χ4n) is 1.38. The van der Waals surface area contributed by atoms with Gasteiger partial charge in [0.25, 0.3) is 0 Å². The van der Waals surface area contributed by atoms with Crippen LogP contribution >= 0.6 is 0 Å². The minimum Gasteiger partial charge on any atom is -0.465 e. The van der Waals surface area contributed by atoms with Crippen LogP contribution in [-0.4, -0.2) is 19.0 Å². The first-order valence-corrected chi connectivity index (χ1v) is 5.12. The second-order valence-electron chi connectivity index (χ2n) is 3.31. The molecule has 0 aliphatic heterocycles. The van der Waals surface area contributed by atoms with Gasteiger partial charge in [0, 0.05) is 6.92 Å². The first kappa shape index (κ1) is 13.0. The molecule has 0 bridgehead atoms. The van der Waals surface area contributed by atoms with E-state index in [9.17, 15) is 9.59 Å². The molecule has 4 nitrogen and oxygen atoms in total. The normalized spacial score (nSPS) is 10.9. The van der Waals surface area contributed by atoms with E-state index in [-0.39, 0.29) is 5.97 Å². The highest BCUT2D eigenvalue weighted by atomic mass is 16.5. The average Bonchev–Trinajstić information content (AvgIpc) is 2.31. The van der Waals surface area contributed by atoms with E-state index in [0.717, 1.165) is 5.56 Å². The van der Waals surface area contributed by atoms with Crippen molar-refractivity contribution in [2.45, 2.75) is 13.8 Å². The van der Waals surface area contributed by atoms with Gasteiger partial charge >= 0.3 is 11.9 Å². The number of carbonyl (C=O) groups excluding carboxylic acids is 2. The Balaban J connectivity index is 2.93. The molecule has 0 saturated heterocycles. The van der Waals surface area contributed by atoms with Gasteiger partial charge in [-0.1, -0.05) is 18.2 Å². The Labute approximate surface area is 99.8 Å². The van der Waals surface area contributed by atoms with Gasteiger partial charge in [0.05, 0.1) is 12.7 Å². The van der Waals surface area contributed by atoms with Crippen molar-refractivity contribution < 1.29 is 19.1 Å². The maximum atomic E-state index is 11.4. The molecule has 90 valence electrons. The van der Waals surface area contributed by atoms with E-state index in [1.807, 2.05) is 0 Å². The summed E-state index contributed by atoms with van der Waals surface area (Å²) in [4.78, 5) is 22.2. The fraction of sp³-hybridized carbons (Fsp3) is 0.231. The van der Waals surface area contributed by atoms with Gasteiger partial charge in [-0.2, -0.15) is 0 Å². The van der Waals surface area contributed by atoms with E-state index >= 15 is 0 Å².